The van der Waals surface area contributed by atoms with Crippen LogP contribution in [0.1, 0.15) is 5.56 Å². The van der Waals surface area contributed by atoms with Crippen LogP contribution in [0.25, 0.3) is 21.9 Å². The van der Waals surface area contributed by atoms with E-state index in [0.717, 1.165) is 27.6 Å². The highest BCUT2D eigenvalue weighted by Gasteiger charge is 2.13. The van der Waals surface area contributed by atoms with Gasteiger partial charge in [0.2, 0.25) is 0 Å². The highest BCUT2D eigenvalue weighted by atomic mass is 35.5. The average Bonchev–Trinajstić information content (AvgIpc) is 2.48. The second-order valence-electron chi connectivity index (χ2n) is 4.97. The number of phenols is 1. The first kappa shape index (κ1) is 13.8. The van der Waals surface area contributed by atoms with Gasteiger partial charge in [0.25, 0.3) is 0 Å². The lowest BCUT2D eigenvalue weighted by molar-refractivity contribution is 0.420. The summed E-state index contributed by atoms with van der Waals surface area (Å²) in [6.07, 6.45) is 0. The Balaban J connectivity index is 2.40. The highest BCUT2D eigenvalue weighted by Crippen LogP contribution is 2.40. The van der Waals surface area contributed by atoms with Crippen molar-refractivity contribution in [3.8, 4) is 22.6 Å². The van der Waals surface area contributed by atoms with Crippen LogP contribution in [-0.4, -0.2) is 12.2 Å². The monoisotopic (exact) mass is 298 g/mol. The van der Waals surface area contributed by atoms with Crippen LogP contribution in [0.4, 0.5) is 0 Å². The van der Waals surface area contributed by atoms with E-state index in [2.05, 4.69) is 13.0 Å². The van der Waals surface area contributed by atoms with Crippen molar-refractivity contribution in [1.29, 1.82) is 0 Å². The summed E-state index contributed by atoms with van der Waals surface area (Å²) in [6, 6.07) is 15.2. The van der Waals surface area contributed by atoms with Crippen molar-refractivity contribution in [1.82, 2.24) is 0 Å². The van der Waals surface area contributed by atoms with Crippen LogP contribution >= 0.6 is 11.6 Å². The number of ether oxygens (including phenoxy) is 1. The molecule has 0 bridgehead atoms. The molecule has 0 spiro atoms. The van der Waals surface area contributed by atoms with E-state index in [1.807, 2.05) is 30.3 Å². The van der Waals surface area contributed by atoms with E-state index in [1.54, 1.807) is 19.2 Å². The normalized spacial score (nSPS) is 10.8. The van der Waals surface area contributed by atoms with E-state index in [0.29, 0.717) is 5.02 Å². The summed E-state index contributed by atoms with van der Waals surface area (Å²) in [5, 5.41) is 12.8. The molecule has 3 aromatic carbocycles. The molecule has 3 heteroatoms. The van der Waals surface area contributed by atoms with Gasteiger partial charge in [0.05, 0.1) is 7.11 Å². The Hall–Kier alpha value is -2.19. The third kappa shape index (κ3) is 2.32. The lowest BCUT2D eigenvalue weighted by Crippen LogP contribution is -1.90. The summed E-state index contributed by atoms with van der Waals surface area (Å²) in [4.78, 5) is 0. The fourth-order valence-electron chi connectivity index (χ4n) is 2.65. The van der Waals surface area contributed by atoms with Crippen molar-refractivity contribution < 1.29 is 9.84 Å². The van der Waals surface area contributed by atoms with Crippen LogP contribution in [0.15, 0.2) is 48.5 Å². The Kier molecular flexibility index (Phi) is 3.48. The van der Waals surface area contributed by atoms with Crippen LogP contribution in [-0.2, 0) is 0 Å². The molecule has 0 aliphatic carbocycles. The van der Waals surface area contributed by atoms with Gasteiger partial charge in [-0.15, -0.1) is 0 Å². The molecule has 0 aliphatic rings. The number of rotatable bonds is 2. The molecule has 0 fully saturated rings. The minimum Gasteiger partial charge on any atom is -0.507 e. The largest absolute Gasteiger partial charge is 0.507 e. The van der Waals surface area contributed by atoms with E-state index in [9.17, 15) is 5.11 Å². The third-order valence-electron chi connectivity index (χ3n) is 3.69. The molecule has 2 nitrogen and oxygen atoms in total. The van der Waals surface area contributed by atoms with Crippen LogP contribution < -0.4 is 4.74 Å². The predicted octanol–water partition coefficient (Wildman–Crippen LogP) is 5.18. The number of phenolic OH excluding ortho intramolecular Hbond substituents is 1. The topological polar surface area (TPSA) is 29.5 Å². The van der Waals surface area contributed by atoms with Crippen molar-refractivity contribution in [3.63, 3.8) is 0 Å². The second kappa shape index (κ2) is 5.30. The quantitative estimate of drug-likeness (QED) is 0.706. The molecule has 0 radical (unpaired) electrons. The summed E-state index contributed by atoms with van der Waals surface area (Å²) in [7, 11) is 1.66. The lowest BCUT2D eigenvalue weighted by Gasteiger charge is -2.14. The third-order valence-corrected chi connectivity index (χ3v) is 3.93. The Morgan fingerprint density at radius 3 is 2.48 bits per heavy atom. The van der Waals surface area contributed by atoms with Gasteiger partial charge in [0.15, 0.2) is 0 Å². The SMILES string of the molecule is COc1cccc2c(C)ccc(-c3ccc(Cl)cc3O)c12. The second-order valence-corrected chi connectivity index (χ2v) is 5.41. The molecule has 21 heavy (non-hydrogen) atoms. The van der Waals surface area contributed by atoms with Gasteiger partial charge in [0.1, 0.15) is 11.5 Å². The molecule has 1 N–H and O–H groups in total. The zero-order valence-corrected chi connectivity index (χ0v) is 12.6. The van der Waals surface area contributed by atoms with Gasteiger partial charge >= 0.3 is 0 Å². The predicted molar refractivity (Wildman–Crippen MR) is 87.3 cm³/mol. The molecule has 0 aromatic heterocycles. The average molecular weight is 299 g/mol. The van der Waals surface area contributed by atoms with Gasteiger partial charge in [-0.2, -0.15) is 0 Å². The molecule has 0 saturated carbocycles. The van der Waals surface area contributed by atoms with Gasteiger partial charge in [-0.25, -0.2) is 0 Å². The number of hydrogen-bond donors (Lipinski definition) is 1. The van der Waals surface area contributed by atoms with E-state index >= 15 is 0 Å². The molecule has 0 saturated heterocycles. The maximum atomic E-state index is 10.2. The first-order valence-corrected chi connectivity index (χ1v) is 7.05. The van der Waals surface area contributed by atoms with Gasteiger partial charge in [-0.05, 0) is 47.7 Å². The number of aromatic hydroxyl groups is 1. The fraction of sp³-hybridized carbons (Fsp3) is 0.111. The smallest absolute Gasteiger partial charge is 0.127 e. The number of benzene rings is 3. The first-order valence-electron chi connectivity index (χ1n) is 6.67. The molecule has 0 unspecified atom stereocenters. The van der Waals surface area contributed by atoms with Crippen LogP contribution in [0.5, 0.6) is 11.5 Å². The standard InChI is InChI=1S/C18H15ClO2/c1-11-6-8-15(14-9-7-12(19)10-16(14)20)18-13(11)4-3-5-17(18)21-2/h3-10,20H,1-2H3. The summed E-state index contributed by atoms with van der Waals surface area (Å²) in [6.45, 7) is 2.06. The minimum absolute atomic E-state index is 0.165. The highest BCUT2D eigenvalue weighted by molar-refractivity contribution is 6.30. The zero-order valence-electron chi connectivity index (χ0n) is 11.9. The van der Waals surface area contributed by atoms with Gasteiger partial charge < -0.3 is 9.84 Å². The maximum absolute atomic E-state index is 10.2. The number of aryl methyl sites for hydroxylation is 1. The summed E-state index contributed by atoms with van der Waals surface area (Å²) in [5.74, 6) is 0.958. The Morgan fingerprint density at radius 2 is 1.76 bits per heavy atom. The van der Waals surface area contributed by atoms with Crippen molar-refractivity contribution in [2.24, 2.45) is 0 Å². The first-order chi connectivity index (χ1) is 10.1. The van der Waals surface area contributed by atoms with E-state index < -0.39 is 0 Å². The molecule has 0 aliphatic heterocycles. The summed E-state index contributed by atoms with van der Waals surface area (Å²) < 4.78 is 5.50. The Labute approximate surface area is 128 Å². The zero-order chi connectivity index (χ0) is 15.0. The number of fused-ring (bicyclic) bond motifs is 1. The van der Waals surface area contributed by atoms with E-state index in [1.165, 1.54) is 5.56 Å². The van der Waals surface area contributed by atoms with Crippen molar-refractivity contribution >= 4 is 22.4 Å². The molecule has 3 rings (SSSR count). The molecule has 0 heterocycles. The summed E-state index contributed by atoms with van der Waals surface area (Å²) >= 11 is 5.92. The molecule has 106 valence electrons. The molecule has 0 atom stereocenters. The molecule has 3 aromatic rings. The van der Waals surface area contributed by atoms with Crippen LogP contribution in [0.3, 0.4) is 0 Å². The van der Waals surface area contributed by atoms with Crippen LogP contribution in [0, 0.1) is 6.92 Å². The number of halogens is 1. The molecular weight excluding hydrogens is 284 g/mol. The van der Waals surface area contributed by atoms with E-state index in [4.69, 9.17) is 16.3 Å². The molecule has 0 amide bonds. The van der Waals surface area contributed by atoms with Crippen molar-refractivity contribution in [3.05, 3.63) is 59.1 Å². The Morgan fingerprint density at radius 1 is 1.00 bits per heavy atom. The van der Waals surface area contributed by atoms with Gasteiger partial charge in [0, 0.05) is 16.0 Å². The molecular formula is C18H15ClO2. The number of methoxy groups -OCH3 is 1. The van der Waals surface area contributed by atoms with Gasteiger partial charge in [-0.1, -0.05) is 35.9 Å². The Bertz CT molecular complexity index is 825. The summed E-state index contributed by atoms with van der Waals surface area (Å²) in [5.41, 5.74) is 2.84. The lowest BCUT2D eigenvalue weighted by atomic mass is 9.94. The number of hydrogen-bond acceptors (Lipinski definition) is 2. The minimum atomic E-state index is 0.165. The maximum Gasteiger partial charge on any atom is 0.127 e. The van der Waals surface area contributed by atoms with E-state index in [-0.39, 0.29) is 5.75 Å². The van der Waals surface area contributed by atoms with Crippen LogP contribution in [0.2, 0.25) is 5.02 Å². The van der Waals surface area contributed by atoms with Crippen molar-refractivity contribution in [2.75, 3.05) is 7.11 Å². The fourth-order valence-corrected chi connectivity index (χ4v) is 2.81. The van der Waals surface area contributed by atoms with Crippen molar-refractivity contribution in [2.45, 2.75) is 6.92 Å². The van der Waals surface area contributed by atoms with Gasteiger partial charge in [-0.3, -0.25) is 0 Å².